The van der Waals surface area contributed by atoms with Gasteiger partial charge in [-0.1, -0.05) is 12.1 Å². The fraction of sp³-hybridized carbons (Fsp3) is 0.529. The first-order valence-electron chi connectivity index (χ1n) is 8.16. The van der Waals surface area contributed by atoms with Crippen molar-refractivity contribution in [3.63, 3.8) is 0 Å². The van der Waals surface area contributed by atoms with Gasteiger partial charge < -0.3 is 15.0 Å². The van der Waals surface area contributed by atoms with E-state index in [4.69, 9.17) is 4.74 Å². The lowest BCUT2D eigenvalue weighted by molar-refractivity contribution is -0.922. The topological polar surface area (TPSA) is 67.2 Å². The maximum atomic E-state index is 11.9. The molecular weight excluding hydrogens is 292 g/mol. The third kappa shape index (κ3) is 5.25. The van der Waals surface area contributed by atoms with Crippen molar-refractivity contribution >= 4 is 17.3 Å². The Balaban J connectivity index is 1.76. The van der Waals surface area contributed by atoms with Crippen LogP contribution in [0.4, 0.5) is 5.69 Å². The Morgan fingerprint density at radius 2 is 2.00 bits per heavy atom. The summed E-state index contributed by atoms with van der Waals surface area (Å²) >= 11 is 0. The highest BCUT2D eigenvalue weighted by molar-refractivity contribution is 5.87. The molecule has 1 aliphatic rings. The number of nitrogens with zero attached hydrogens (tertiary/aromatic N) is 1. The third-order valence-corrected chi connectivity index (χ3v) is 4.17. The molecule has 0 atom stereocenters. The molecule has 3 N–H and O–H groups in total. The van der Waals surface area contributed by atoms with E-state index >= 15 is 0 Å². The molecule has 23 heavy (non-hydrogen) atoms. The Hall–Kier alpha value is -2.08. The molecule has 1 saturated heterocycles. The molecular formula is C17H27N4O2+. The first-order chi connectivity index (χ1) is 11.1. The summed E-state index contributed by atoms with van der Waals surface area (Å²) in [6.07, 6.45) is 1.90. The Bertz CT molecular complexity index is 547. The van der Waals surface area contributed by atoms with Crippen molar-refractivity contribution in [2.24, 2.45) is 5.10 Å². The lowest BCUT2D eigenvalue weighted by atomic mass is 10.1. The van der Waals surface area contributed by atoms with Crippen molar-refractivity contribution in [2.75, 3.05) is 32.1 Å². The second kappa shape index (κ2) is 8.53. The van der Waals surface area contributed by atoms with Gasteiger partial charge >= 0.3 is 0 Å². The van der Waals surface area contributed by atoms with Crippen LogP contribution in [0.3, 0.4) is 0 Å². The minimum atomic E-state index is -0.151. The van der Waals surface area contributed by atoms with Gasteiger partial charge in [0, 0.05) is 18.6 Å². The van der Waals surface area contributed by atoms with Crippen LogP contribution in [0.1, 0.15) is 26.7 Å². The van der Waals surface area contributed by atoms with Crippen LogP contribution < -0.4 is 20.4 Å². The number of carbonyl (C=O) groups is 1. The number of amides is 1. The Kier molecular flexibility index (Phi) is 6.40. The van der Waals surface area contributed by atoms with Gasteiger partial charge in [-0.3, -0.25) is 4.79 Å². The lowest BCUT2D eigenvalue weighted by Crippen LogP contribution is -3.16. The lowest BCUT2D eigenvalue weighted by Gasteiger charge is -2.27. The number of ether oxygens (including phenoxy) is 1. The summed E-state index contributed by atoms with van der Waals surface area (Å²) in [4.78, 5) is 13.5. The van der Waals surface area contributed by atoms with Gasteiger partial charge in [0.2, 0.25) is 0 Å². The first kappa shape index (κ1) is 17.3. The monoisotopic (exact) mass is 319 g/mol. The van der Waals surface area contributed by atoms with Crippen molar-refractivity contribution in [1.82, 2.24) is 5.43 Å². The molecule has 1 fully saturated rings. The van der Waals surface area contributed by atoms with Crippen LogP contribution in [0.5, 0.6) is 5.75 Å². The molecule has 0 saturated carbocycles. The van der Waals surface area contributed by atoms with Gasteiger partial charge in [0.1, 0.15) is 5.75 Å². The zero-order valence-electron chi connectivity index (χ0n) is 14.2. The fourth-order valence-electron chi connectivity index (χ4n) is 2.70. The molecule has 1 amide bonds. The number of piperidine rings is 1. The third-order valence-electron chi connectivity index (χ3n) is 4.17. The normalized spacial score (nSPS) is 17.7. The van der Waals surface area contributed by atoms with Gasteiger partial charge in [-0.05, 0) is 26.0 Å². The number of para-hydroxylation sites is 2. The van der Waals surface area contributed by atoms with Crippen molar-refractivity contribution in [3.05, 3.63) is 24.3 Å². The maximum Gasteiger partial charge on any atom is 0.259 e. The summed E-state index contributed by atoms with van der Waals surface area (Å²) in [7, 11) is 1.61. The summed E-state index contributed by atoms with van der Waals surface area (Å²) in [6.45, 7) is 6.82. The maximum absolute atomic E-state index is 11.9. The number of nitrogens with one attached hydrogen (secondary N) is 3. The number of anilines is 1. The average molecular weight is 319 g/mol. The van der Waals surface area contributed by atoms with Crippen molar-refractivity contribution in [1.29, 1.82) is 0 Å². The number of methoxy groups -OCH3 is 1. The molecule has 2 rings (SSSR count). The van der Waals surface area contributed by atoms with Crippen LogP contribution in [0.25, 0.3) is 0 Å². The SMILES string of the molecule is COc1ccccc1NCC(=O)NN=C1CC[NH+](C(C)C)CC1. The second-order valence-electron chi connectivity index (χ2n) is 6.08. The second-order valence-corrected chi connectivity index (χ2v) is 6.08. The molecule has 1 aromatic carbocycles. The van der Waals surface area contributed by atoms with Crippen molar-refractivity contribution in [2.45, 2.75) is 32.7 Å². The van der Waals surface area contributed by atoms with Gasteiger partial charge in [0.05, 0.1) is 38.5 Å². The molecule has 1 heterocycles. The van der Waals surface area contributed by atoms with Crippen LogP contribution in [0, 0.1) is 0 Å². The fourth-order valence-corrected chi connectivity index (χ4v) is 2.70. The van der Waals surface area contributed by atoms with E-state index in [2.05, 4.69) is 29.7 Å². The molecule has 1 aliphatic heterocycles. The summed E-state index contributed by atoms with van der Waals surface area (Å²) in [6, 6.07) is 8.17. The molecule has 0 aromatic heterocycles. The number of quaternary nitrogens is 1. The number of rotatable bonds is 6. The highest BCUT2D eigenvalue weighted by atomic mass is 16.5. The van der Waals surface area contributed by atoms with Crippen molar-refractivity contribution in [3.8, 4) is 5.75 Å². The number of hydrogen-bond donors (Lipinski definition) is 3. The number of benzene rings is 1. The van der Waals surface area contributed by atoms with E-state index in [0.717, 1.165) is 43.1 Å². The summed E-state index contributed by atoms with van der Waals surface area (Å²) < 4.78 is 5.24. The predicted octanol–water partition coefficient (Wildman–Crippen LogP) is 0.666. The number of hydrazone groups is 1. The molecule has 0 radical (unpaired) electrons. The molecule has 1 aromatic rings. The number of likely N-dealkylation sites (tertiary alicyclic amines) is 1. The van der Waals surface area contributed by atoms with E-state index in [1.54, 1.807) is 12.0 Å². The van der Waals surface area contributed by atoms with Gasteiger partial charge in [0.15, 0.2) is 0 Å². The molecule has 6 nitrogen and oxygen atoms in total. The van der Waals surface area contributed by atoms with E-state index in [-0.39, 0.29) is 12.5 Å². The number of hydrogen-bond acceptors (Lipinski definition) is 4. The largest absolute Gasteiger partial charge is 0.495 e. The quantitative estimate of drug-likeness (QED) is 0.675. The zero-order valence-corrected chi connectivity index (χ0v) is 14.2. The molecule has 0 unspecified atom stereocenters. The van der Waals surface area contributed by atoms with E-state index < -0.39 is 0 Å². The Labute approximate surface area is 137 Å². The zero-order chi connectivity index (χ0) is 16.7. The highest BCUT2D eigenvalue weighted by Crippen LogP contribution is 2.22. The molecule has 0 bridgehead atoms. The van der Waals surface area contributed by atoms with E-state index in [9.17, 15) is 4.79 Å². The van der Waals surface area contributed by atoms with E-state index in [0.29, 0.717) is 6.04 Å². The summed E-state index contributed by atoms with van der Waals surface area (Å²) in [5, 5.41) is 7.33. The summed E-state index contributed by atoms with van der Waals surface area (Å²) in [5.74, 6) is 0.567. The smallest absolute Gasteiger partial charge is 0.259 e. The molecule has 6 heteroatoms. The van der Waals surface area contributed by atoms with Crippen LogP contribution in [0.15, 0.2) is 29.4 Å². The minimum absolute atomic E-state index is 0.151. The molecule has 0 spiro atoms. The van der Waals surface area contributed by atoms with Crippen molar-refractivity contribution < 1.29 is 14.4 Å². The van der Waals surface area contributed by atoms with Gasteiger partial charge in [-0.15, -0.1) is 0 Å². The summed E-state index contributed by atoms with van der Waals surface area (Å²) in [5.41, 5.74) is 4.52. The number of carbonyl (C=O) groups excluding carboxylic acids is 1. The average Bonchev–Trinajstić information content (AvgIpc) is 2.58. The Morgan fingerprint density at radius 1 is 1.30 bits per heavy atom. The minimum Gasteiger partial charge on any atom is -0.495 e. The standard InChI is InChI=1S/C17H26N4O2/c1-13(2)21-10-8-14(9-11-21)19-20-17(22)12-18-15-6-4-5-7-16(15)23-3/h4-7,13,18H,8-12H2,1-3H3,(H,20,22)/p+1. The first-order valence-corrected chi connectivity index (χ1v) is 8.16. The van der Waals surface area contributed by atoms with Crippen LogP contribution in [-0.4, -0.2) is 44.4 Å². The highest BCUT2D eigenvalue weighted by Gasteiger charge is 2.20. The molecule has 0 aliphatic carbocycles. The predicted molar refractivity (Wildman–Crippen MR) is 92.1 cm³/mol. The van der Waals surface area contributed by atoms with E-state index in [1.165, 1.54) is 0 Å². The van der Waals surface area contributed by atoms with Crippen LogP contribution in [-0.2, 0) is 4.79 Å². The molecule has 126 valence electrons. The van der Waals surface area contributed by atoms with E-state index in [1.807, 2.05) is 24.3 Å². The Morgan fingerprint density at radius 3 is 2.65 bits per heavy atom. The van der Waals surface area contributed by atoms with Crippen LogP contribution >= 0.6 is 0 Å². The van der Waals surface area contributed by atoms with Gasteiger partial charge in [0.25, 0.3) is 5.91 Å². The van der Waals surface area contributed by atoms with Gasteiger partial charge in [-0.2, -0.15) is 5.10 Å². The van der Waals surface area contributed by atoms with Gasteiger partial charge in [-0.25, -0.2) is 5.43 Å². The van der Waals surface area contributed by atoms with Crippen LogP contribution in [0.2, 0.25) is 0 Å².